The largest absolute Gasteiger partial charge is 0.497 e. The Hall–Kier alpha value is -2.34. The van der Waals surface area contributed by atoms with Crippen LogP contribution in [0.25, 0.3) is 11.3 Å². The topological polar surface area (TPSA) is 67.5 Å². The van der Waals surface area contributed by atoms with Crippen LogP contribution >= 0.6 is 0 Å². The first-order valence-corrected chi connectivity index (χ1v) is 8.10. The molecule has 1 aliphatic rings. The average Bonchev–Trinajstić information content (AvgIpc) is 3.16. The van der Waals surface area contributed by atoms with E-state index in [0.29, 0.717) is 26.1 Å². The van der Waals surface area contributed by atoms with Crippen LogP contribution in [0.15, 0.2) is 24.3 Å². The first-order valence-electron chi connectivity index (χ1n) is 8.10. The van der Waals surface area contributed by atoms with Gasteiger partial charge in [-0.25, -0.2) is 4.98 Å². The van der Waals surface area contributed by atoms with Crippen LogP contribution in [-0.4, -0.2) is 54.7 Å². The van der Waals surface area contributed by atoms with Gasteiger partial charge in [0.05, 0.1) is 19.4 Å². The predicted octanol–water partition coefficient (Wildman–Crippen LogP) is 2.36. The Bertz CT molecular complexity index is 709. The van der Waals surface area contributed by atoms with Crippen LogP contribution < -0.4 is 4.74 Å². The minimum Gasteiger partial charge on any atom is -0.497 e. The number of hydrogen-bond acceptors (Lipinski definition) is 4. The molecule has 6 nitrogen and oxygen atoms in total. The van der Waals surface area contributed by atoms with Crippen molar-refractivity contribution < 1.29 is 14.3 Å². The van der Waals surface area contributed by atoms with Crippen molar-refractivity contribution in [3.05, 3.63) is 35.8 Å². The number of nitrogens with zero attached hydrogens (tertiary/aromatic N) is 2. The molecule has 1 aromatic carbocycles. The average molecular weight is 329 g/mol. The summed E-state index contributed by atoms with van der Waals surface area (Å²) in [6.45, 7) is 3.90. The van der Waals surface area contributed by atoms with Gasteiger partial charge in [-0.1, -0.05) is 0 Å². The maximum absolute atomic E-state index is 12.1. The van der Waals surface area contributed by atoms with E-state index in [-0.39, 0.29) is 11.8 Å². The number of imidazole rings is 1. The van der Waals surface area contributed by atoms with Crippen LogP contribution in [0.1, 0.15) is 23.9 Å². The van der Waals surface area contributed by atoms with E-state index in [1.165, 1.54) is 0 Å². The molecular formula is C18H23N3O3. The van der Waals surface area contributed by atoms with Crippen molar-refractivity contribution in [3.8, 4) is 17.0 Å². The minimum atomic E-state index is 0.111. The lowest BCUT2D eigenvalue weighted by Gasteiger charge is -2.15. The smallest absolute Gasteiger partial charge is 0.223 e. The number of methoxy groups -OCH3 is 2. The van der Waals surface area contributed by atoms with E-state index in [2.05, 4.69) is 4.98 Å². The van der Waals surface area contributed by atoms with Crippen LogP contribution in [-0.2, 0) is 9.53 Å². The lowest BCUT2D eigenvalue weighted by atomic mass is 10.1. The van der Waals surface area contributed by atoms with E-state index >= 15 is 0 Å². The van der Waals surface area contributed by atoms with Crippen molar-refractivity contribution in [1.82, 2.24) is 14.9 Å². The Morgan fingerprint density at radius 1 is 1.29 bits per heavy atom. The summed E-state index contributed by atoms with van der Waals surface area (Å²) in [7, 11) is 3.30. The fourth-order valence-electron chi connectivity index (χ4n) is 3.08. The molecule has 1 aliphatic heterocycles. The molecule has 1 N–H and O–H groups in total. The first-order chi connectivity index (χ1) is 11.6. The number of aryl methyl sites for hydroxylation is 1. The van der Waals surface area contributed by atoms with Crippen molar-refractivity contribution in [1.29, 1.82) is 0 Å². The number of carbonyl (C=O) groups is 1. The molecule has 1 amide bonds. The van der Waals surface area contributed by atoms with Crippen LogP contribution in [0.4, 0.5) is 0 Å². The second kappa shape index (κ2) is 7.05. The van der Waals surface area contributed by atoms with Gasteiger partial charge in [0.2, 0.25) is 5.91 Å². The molecule has 1 saturated heterocycles. The van der Waals surface area contributed by atoms with Gasteiger partial charge in [0.15, 0.2) is 0 Å². The maximum Gasteiger partial charge on any atom is 0.223 e. The highest BCUT2D eigenvalue weighted by atomic mass is 16.5. The van der Waals surface area contributed by atoms with Gasteiger partial charge in [-0.05, 0) is 31.2 Å². The lowest BCUT2D eigenvalue weighted by Crippen LogP contribution is -2.28. The Labute approximate surface area is 141 Å². The second-order valence-electron chi connectivity index (χ2n) is 6.06. The van der Waals surface area contributed by atoms with Crippen molar-refractivity contribution in [2.24, 2.45) is 0 Å². The lowest BCUT2D eigenvalue weighted by molar-refractivity contribution is -0.128. The van der Waals surface area contributed by atoms with E-state index < -0.39 is 0 Å². The van der Waals surface area contributed by atoms with Gasteiger partial charge in [-0.3, -0.25) is 4.79 Å². The zero-order valence-corrected chi connectivity index (χ0v) is 14.3. The van der Waals surface area contributed by atoms with Crippen LogP contribution in [0.2, 0.25) is 0 Å². The molecule has 1 atom stereocenters. The Morgan fingerprint density at radius 3 is 2.71 bits per heavy atom. The van der Waals surface area contributed by atoms with E-state index in [0.717, 1.165) is 28.5 Å². The molecule has 0 saturated carbocycles. The molecule has 1 fully saturated rings. The van der Waals surface area contributed by atoms with Gasteiger partial charge in [-0.15, -0.1) is 0 Å². The highest BCUT2D eigenvalue weighted by Gasteiger charge is 2.32. The van der Waals surface area contributed by atoms with Crippen molar-refractivity contribution in [2.45, 2.75) is 19.3 Å². The number of likely N-dealkylation sites (tertiary alicyclic amines) is 1. The highest BCUT2D eigenvalue weighted by Crippen LogP contribution is 2.30. The number of amides is 1. The fourth-order valence-corrected chi connectivity index (χ4v) is 3.08. The Morgan fingerprint density at radius 2 is 2.04 bits per heavy atom. The van der Waals surface area contributed by atoms with Crippen molar-refractivity contribution in [2.75, 3.05) is 33.9 Å². The Kier molecular flexibility index (Phi) is 4.85. The summed E-state index contributed by atoms with van der Waals surface area (Å²) in [5, 5.41) is 0. The third kappa shape index (κ3) is 3.28. The van der Waals surface area contributed by atoms with Crippen molar-refractivity contribution >= 4 is 5.91 Å². The van der Waals surface area contributed by atoms with Crippen LogP contribution in [0.5, 0.6) is 5.75 Å². The van der Waals surface area contributed by atoms with E-state index in [9.17, 15) is 4.79 Å². The molecule has 2 heterocycles. The molecule has 0 unspecified atom stereocenters. The number of aromatic amines is 1. The van der Waals surface area contributed by atoms with Gasteiger partial charge in [-0.2, -0.15) is 0 Å². The number of aromatic nitrogens is 2. The molecular weight excluding hydrogens is 306 g/mol. The van der Waals surface area contributed by atoms with E-state index in [4.69, 9.17) is 14.5 Å². The van der Waals surface area contributed by atoms with Gasteiger partial charge >= 0.3 is 0 Å². The normalized spacial score (nSPS) is 17.5. The van der Waals surface area contributed by atoms with Crippen LogP contribution in [0, 0.1) is 6.92 Å². The van der Waals surface area contributed by atoms with Crippen LogP contribution in [0.3, 0.4) is 0 Å². The molecule has 2 aromatic rings. The predicted molar refractivity (Wildman–Crippen MR) is 91.1 cm³/mol. The first kappa shape index (κ1) is 16.5. The van der Waals surface area contributed by atoms with Crippen molar-refractivity contribution in [3.63, 3.8) is 0 Å². The number of rotatable bonds is 6. The minimum absolute atomic E-state index is 0.111. The summed E-state index contributed by atoms with van der Waals surface area (Å²) in [5.74, 6) is 1.98. The summed E-state index contributed by atoms with van der Waals surface area (Å²) < 4.78 is 10.3. The van der Waals surface area contributed by atoms with Gasteiger partial charge in [0, 0.05) is 43.8 Å². The van der Waals surface area contributed by atoms with E-state index in [1.807, 2.05) is 36.1 Å². The third-order valence-electron chi connectivity index (χ3n) is 4.43. The number of hydrogen-bond donors (Lipinski definition) is 1. The standard InChI is InChI=1S/C18H23N3O3/c1-12-17(13-4-6-15(24-3)7-5-13)20-18(19-12)14-10-16(22)21(11-14)8-9-23-2/h4-7,14H,8-11H2,1-3H3,(H,19,20)/t14-/m1/s1. The number of ether oxygens (including phenoxy) is 2. The summed E-state index contributed by atoms with van der Waals surface area (Å²) in [4.78, 5) is 22.1. The molecule has 0 radical (unpaired) electrons. The zero-order chi connectivity index (χ0) is 17.1. The molecule has 0 spiro atoms. The maximum atomic E-state index is 12.1. The van der Waals surface area contributed by atoms with E-state index in [1.54, 1.807) is 14.2 Å². The Balaban J connectivity index is 1.77. The quantitative estimate of drug-likeness (QED) is 0.883. The number of carbonyl (C=O) groups excluding carboxylic acids is 1. The fraction of sp³-hybridized carbons (Fsp3) is 0.444. The zero-order valence-electron chi connectivity index (χ0n) is 14.3. The second-order valence-corrected chi connectivity index (χ2v) is 6.06. The number of nitrogens with one attached hydrogen (secondary N) is 1. The van der Waals surface area contributed by atoms with Gasteiger partial charge in [0.1, 0.15) is 11.6 Å². The molecule has 0 bridgehead atoms. The SMILES string of the molecule is COCCN1C[C@H](c2nc(-c3ccc(OC)cc3)c(C)[nH]2)CC1=O. The number of benzene rings is 1. The number of H-pyrrole nitrogens is 1. The molecule has 0 aliphatic carbocycles. The summed E-state index contributed by atoms with van der Waals surface area (Å²) >= 11 is 0. The monoisotopic (exact) mass is 329 g/mol. The molecule has 6 heteroatoms. The molecule has 128 valence electrons. The third-order valence-corrected chi connectivity index (χ3v) is 4.43. The molecule has 1 aromatic heterocycles. The van der Waals surface area contributed by atoms with Gasteiger partial charge < -0.3 is 19.4 Å². The summed E-state index contributed by atoms with van der Waals surface area (Å²) in [5.41, 5.74) is 2.98. The van der Waals surface area contributed by atoms with Gasteiger partial charge in [0.25, 0.3) is 0 Å². The molecule has 3 rings (SSSR count). The molecule has 24 heavy (non-hydrogen) atoms. The summed E-state index contributed by atoms with van der Waals surface area (Å²) in [6.07, 6.45) is 0.499. The highest BCUT2D eigenvalue weighted by molar-refractivity contribution is 5.79. The summed E-state index contributed by atoms with van der Waals surface area (Å²) in [6, 6.07) is 7.84.